The minimum absolute atomic E-state index is 0.0515. The highest BCUT2D eigenvalue weighted by molar-refractivity contribution is 6.35. The topological polar surface area (TPSA) is 32.3 Å². The molecule has 2 aromatic carbocycles. The van der Waals surface area contributed by atoms with Gasteiger partial charge in [0, 0.05) is 22.5 Å². The molecule has 5 heteroatoms. The Morgan fingerprint density at radius 1 is 1.07 bits per heavy atom. The number of benzene rings is 2. The summed E-state index contributed by atoms with van der Waals surface area (Å²) in [5.41, 5.74) is 5.26. The lowest BCUT2D eigenvalue weighted by Crippen LogP contribution is -2.41. The summed E-state index contributed by atoms with van der Waals surface area (Å²) in [6.45, 7) is 4.71. The first-order valence-electron chi connectivity index (χ1n) is 11.1. The normalized spacial score (nSPS) is 18.6. The molecule has 1 atom stereocenters. The fourth-order valence-electron chi connectivity index (χ4n) is 4.68. The number of nitrogens with one attached hydrogen (secondary N) is 1. The smallest absolute Gasteiger partial charge is 0.223 e. The van der Waals surface area contributed by atoms with E-state index in [0.717, 1.165) is 38.0 Å². The van der Waals surface area contributed by atoms with Crippen LogP contribution >= 0.6 is 23.2 Å². The van der Waals surface area contributed by atoms with E-state index in [1.165, 1.54) is 42.4 Å². The number of halogens is 2. The zero-order valence-corrected chi connectivity index (χ0v) is 19.1. The van der Waals surface area contributed by atoms with Crippen molar-refractivity contribution in [2.75, 3.05) is 13.1 Å². The maximum atomic E-state index is 12.9. The van der Waals surface area contributed by atoms with Crippen LogP contribution in [0.25, 0.3) is 0 Å². The van der Waals surface area contributed by atoms with Crippen LogP contribution in [0.4, 0.5) is 0 Å². The number of likely N-dealkylation sites (tertiary alicyclic amines) is 1. The van der Waals surface area contributed by atoms with Crippen LogP contribution in [0.5, 0.6) is 0 Å². The first-order chi connectivity index (χ1) is 14.5. The zero-order chi connectivity index (χ0) is 21.1. The van der Waals surface area contributed by atoms with Gasteiger partial charge in [0.25, 0.3) is 0 Å². The number of rotatable bonds is 5. The highest BCUT2D eigenvalue weighted by Crippen LogP contribution is 2.27. The molecular weight excluding hydrogens is 415 g/mol. The van der Waals surface area contributed by atoms with E-state index < -0.39 is 0 Å². The van der Waals surface area contributed by atoms with E-state index in [2.05, 4.69) is 35.3 Å². The third-order valence-electron chi connectivity index (χ3n) is 6.60. The second kappa shape index (κ2) is 9.72. The molecule has 0 spiro atoms. The Kier molecular flexibility index (Phi) is 7.02. The van der Waals surface area contributed by atoms with Crippen LogP contribution in [0, 0.1) is 5.92 Å². The molecule has 2 aliphatic rings. The fraction of sp³-hybridized carbons (Fsp3) is 0.480. The predicted molar refractivity (Wildman–Crippen MR) is 124 cm³/mol. The van der Waals surface area contributed by atoms with Crippen molar-refractivity contribution in [3.05, 3.63) is 68.7 Å². The Labute approximate surface area is 189 Å². The summed E-state index contributed by atoms with van der Waals surface area (Å²) in [6.07, 6.45) is 6.69. The first kappa shape index (κ1) is 21.7. The number of piperidine rings is 1. The van der Waals surface area contributed by atoms with Gasteiger partial charge in [0.2, 0.25) is 5.91 Å². The van der Waals surface area contributed by atoms with Crippen molar-refractivity contribution >= 4 is 29.1 Å². The average Bonchev–Trinajstić information content (AvgIpc) is 2.75. The van der Waals surface area contributed by atoms with Gasteiger partial charge in [-0.25, -0.2) is 0 Å². The van der Waals surface area contributed by atoms with E-state index >= 15 is 0 Å². The maximum absolute atomic E-state index is 12.9. The largest absolute Gasteiger partial charge is 0.349 e. The molecule has 3 nitrogen and oxygen atoms in total. The summed E-state index contributed by atoms with van der Waals surface area (Å²) in [4.78, 5) is 15.2. The first-order valence-corrected chi connectivity index (χ1v) is 11.8. The molecule has 0 unspecified atom stereocenters. The van der Waals surface area contributed by atoms with E-state index in [4.69, 9.17) is 23.2 Å². The van der Waals surface area contributed by atoms with Gasteiger partial charge in [0.05, 0.1) is 6.04 Å². The van der Waals surface area contributed by atoms with Gasteiger partial charge in [0.15, 0.2) is 0 Å². The second-order valence-corrected chi connectivity index (χ2v) is 9.60. The molecule has 0 radical (unpaired) electrons. The molecule has 1 fully saturated rings. The maximum Gasteiger partial charge on any atom is 0.223 e. The third kappa shape index (κ3) is 5.19. The van der Waals surface area contributed by atoms with Crippen LogP contribution in [-0.4, -0.2) is 23.9 Å². The van der Waals surface area contributed by atoms with E-state index in [-0.39, 0.29) is 17.9 Å². The van der Waals surface area contributed by atoms with Gasteiger partial charge in [-0.3, -0.25) is 9.69 Å². The summed E-state index contributed by atoms with van der Waals surface area (Å²) in [7, 11) is 0. The van der Waals surface area contributed by atoms with E-state index in [9.17, 15) is 4.79 Å². The molecule has 160 valence electrons. The lowest BCUT2D eigenvalue weighted by atomic mass is 9.89. The van der Waals surface area contributed by atoms with Crippen molar-refractivity contribution in [3.8, 4) is 0 Å². The lowest BCUT2D eigenvalue weighted by Gasteiger charge is -2.32. The summed E-state index contributed by atoms with van der Waals surface area (Å²) in [6, 6.07) is 12.5. The summed E-state index contributed by atoms with van der Waals surface area (Å²) in [5, 5.41) is 4.63. The minimum atomic E-state index is 0.0515. The van der Waals surface area contributed by atoms with Crippen LogP contribution in [0.15, 0.2) is 36.4 Å². The molecule has 1 N–H and O–H groups in total. The van der Waals surface area contributed by atoms with Gasteiger partial charge < -0.3 is 5.32 Å². The van der Waals surface area contributed by atoms with E-state index in [1.807, 2.05) is 12.1 Å². The molecule has 1 aliphatic heterocycles. The molecular formula is C25H30Cl2N2O. The molecule has 1 heterocycles. The molecule has 0 aromatic heterocycles. The molecule has 0 bridgehead atoms. The van der Waals surface area contributed by atoms with Crippen LogP contribution in [-0.2, 0) is 24.2 Å². The van der Waals surface area contributed by atoms with Gasteiger partial charge in [-0.1, -0.05) is 47.5 Å². The third-order valence-corrected chi connectivity index (χ3v) is 7.19. The number of aryl methyl sites for hydroxylation is 2. The van der Waals surface area contributed by atoms with E-state index in [1.54, 1.807) is 6.07 Å². The van der Waals surface area contributed by atoms with Gasteiger partial charge in [-0.05, 0) is 92.9 Å². The standard InChI is InChI=1S/C25H30Cl2N2O/c1-17(20-7-6-18-4-2-3-5-21(18)14-20)28-25(30)19-10-12-29(13-11-19)16-22-8-9-23(26)15-24(22)27/h6-9,14-15,17,19H,2-5,10-13,16H2,1H3,(H,28,30)/t17-/m1/s1. The monoisotopic (exact) mass is 444 g/mol. The summed E-state index contributed by atoms with van der Waals surface area (Å²) >= 11 is 12.3. The number of carbonyl (C=O) groups is 1. The quantitative estimate of drug-likeness (QED) is 0.616. The van der Waals surface area contributed by atoms with Crippen molar-refractivity contribution in [2.45, 2.75) is 58.0 Å². The molecule has 0 saturated carbocycles. The minimum Gasteiger partial charge on any atom is -0.349 e. The Bertz CT molecular complexity index is 906. The van der Waals surface area contributed by atoms with Crippen LogP contribution in [0.2, 0.25) is 10.0 Å². The predicted octanol–water partition coefficient (Wildman–Crippen LogP) is 5.96. The zero-order valence-electron chi connectivity index (χ0n) is 17.6. The number of fused-ring (bicyclic) bond motifs is 1. The highest BCUT2D eigenvalue weighted by atomic mass is 35.5. The fourth-order valence-corrected chi connectivity index (χ4v) is 5.15. The molecule has 2 aromatic rings. The van der Waals surface area contributed by atoms with Gasteiger partial charge in [-0.15, -0.1) is 0 Å². The van der Waals surface area contributed by atoms with Gasteiger partial charge >= 0.3 is 0 Å². The number of hydrogen-bond donors (Lipinski definition) is 1. The van der Waals surface area contributed by atoms with Crippen molar-refractivity contribution in [1.82, 2.24) is 10.2 Å². The number of carbonyl (C=O) groups excluding carboxylic acids is 1. The average molecular weight is 445 g/mol. The molecule has 1 aliphatic carbocycles. The summed E-state index contributed by atoms with van der Waals surface area (Å²) < 4.78 is 0. The van der Waals surface area contributed by atoms with Crippen LogP contribution in [0.1, 0.15) is 60.9 Å². The Hall–Kier alpha value is -1.55. The Morgan fingerprint density at radius 2 is 1.80 bits per heavy atom. The molecule has 4 rings (SSSR count). The number of nitrogens with zero attached hydrogens (tertiary/aromatic N) is 1. The van der Waals surface area contributed by atoms with Crippen molar-refractivity contribution in [2.24, 2.45) is 5.92 Å². The van der Waals surface area contributed by atoms with Crippen molar-refractivity contribution in [3.63, 3.8) is 0 Å². The molecule has 1 saturated heterocycles. The van der Waals surface area contributed by atoms with Gasteiger partial charge in [0.1, 0.15) is 0 Å². The Balaban J connectivity index is 1.29. The highest BCUT2D eigenvalue weighted by Gasteiger charge is 2.26. The second-order valence-electron chi connectivity index (χ2n) is 8.75. The van der Waals surface area contributed by atoms with E-state index in [0.29, 0.717) is 10.0 Å². The summed E-state index contributed by atoms with van der Waals surface area (Å²) in [5.74, 6) is 0.270. The van der Waals surface area contributed by atoms with Crippen molar-refractivity contribution in [1.29, 1.82) is 0 Å². The number of hydrogen-bond acceptors (Lipinski definition) is 2. The van der Waals surface area contributed by atoms with Crippen LogP contribution in [0.3, 0.4) is 0 Å². The Morgan fingerprint density at radius 3 is 2.53 bits per heavy atom. The molecule has 1 amide bonds. The molecule has 30 heavy (non-hydrogen) atoms. The van der Waals surface area contributed by atoms with Gasteiger partial charge in [-0.2, -0.15) is 0 Å². The SMILES string of the molecule is C[C@@H](NC(=O)C1CCN(Cc2ccc(Cl)cc2Cl)CC1)c1ccc2c(c1)CCCC2. The van der Waals surface area contributed by atoms with Crippen LogP contribution < -0.4 is 5.32 Å². The lowest BCUT2D eigenvalue weighted by molar-refractivity contribution is -0.127. The van der Waals surface area contributed by atoms with Crippen molar-refractivity contribution < 1.29 is 4.79 Å². The number of amides is 1.